The number of anilines is 1. The summed E-state index contributed by atoms with van der Waals surface area (Å²) in [6.45, 7) is 7.08. The van der Waals surface area contributed by atoms with Crippen molar-refractivity contribution in [3.8, 4) is 0 Å². The summed E-state index contributed by atoms with van der Waals surface area (Å²) >= 11 is 0. The van der Waals surface area contributed by atoms with E-state index >= 15 is 0 Å². The summed E-state index contributed by atoms with van der Waals surface area (Å²) in [5.41, 5.74) is 0. The van der Waals surface area contributed by atoms with Gasteiger partial charge in [0.25, 0.3) is 0 Å². The summed E-state index contributed by atoms with van der Waals surface area (Å²) in [5.74, 6) is 2.32. The number of nitrogens with zero attached hydrogens (tertiary/aromatic N) is 3. The van der Waals surface area contributed by atoms with E-state index in [4.69, 9.17) is 4.42 Å². The van der Waals surface area contributed by atoms with Crippen LogP contribution in [0, 0.1) is 11.8 Å². The highest BCUT2D eigenvalue weighted by Gasteiger charge is 2.34. The lowest BCUT2D eigenvalue weighted by Gasteiger charge is -2.12. The molecule has 5 nitrogen and oxygen atoms in total. The van der Waals surface area contributed by atoms with Gasteiger partial charge in [-0.1, -0.05) is 18.9 Å². The molecular formula is C12H22N4O. The maximum Gasteiger partial charge on any atom is 0.317 e. The van der Waals surface area contributed by atoms with Crippen molar-refractivity contribution < 1.29 is 4.42 Å². The SMILES string of the molecule is CCCNCc1nnc(N(C)CC2CC2C)o1. The largest absolute Gasteiger partial charge is 0.407 e. The lowest BCUT2D eigenvalue weighted by atomic mass is 10.3. The van der Waals surface area contributed by atoms with Gasteiger partial charge in [-0.05, 0) is 31.2 Å². The first kappa shape index (κ1) is 12.4. The molecule has 17 heavy (non-hydrogen) atoms. The van der Waals surface area contributed by atoms with Gasteiger partial charge in [-0.3, -0.25) is 0 Å². The summed E-state index contributed by atoms with van der Waals surface area (Å²) in [6.07, 6.45) is 2.43. The fourth-order valence-electron chi connectivity index (χ4n) is 1.93. The standard InChI is InChI=1S/C12H22N4O/c1-4-5-13-7-11-14-15-12(17-11)16(3)8-10-6-9(10)2/h9-10,13H,4-8H2,1-3H3. The van der Waals surface area contributed by atoms with E-state index in [-0.39, 0.29) is 0 Å². The van der Waals surface area contributed by atoms with Gasteiger partial charge in [0.15, 0.2) is 0 Å². The molecule has 1 aromatic rings. The predicted octanol–water partition coefficient (Wildman–Crippen LogP) is 1.66. The van der Waals surface area contributed by atoms with Crippen LogP contribution in [0.1, 0.15) is 32.6 Å². The number of aromatic nitrogens is 2. The summed E-state index contributed by atoms with van der Waals surface area (Å²) in [6, 6.07) is 0.636. The van der Waals surface area contributed by atoms with Crippen molar-refractivity contribution in [2.24, 2.45) is 11.8 Å². The molecule has 0 aliphatic heterocycles. The highest BCUT2D eigenvalue weighted by atomic mass is 16.4. The van der Waals surface area contributed by atoms with Gasteiger partial charge in [0.1, 0.15) is 0 Å². The zero-order chi connectivity index (χ0) is 12.3. The van der Waals surface area contributed by atoms with Gasteiger partial charge in [0.05, 0.1) is 6.54 Å². The zero-order valence-electron chi connectivity index (χ0n) is 10.9. The fraction of sp³-hybridized carbons (Fsp3) is 0.833. The van der Waals surface area contributed by atoms with E-state index in [0.29, 0.717) is 18.5 Å². The van der Waals surface area contributed by atoms with E-state index in [1.807, 2.05) is 7.05 Å². The van der Waals surface area contributed by atoms with Crippen molar-refractivity contribution in [1.29, 1.82) is 0 Å². The zero-order valence-corrected chi connectivity index (χ0v) is 10.9. The molecule has 1 aromatic heterocycles. The van der Waals surface area contributed by atoms with Gasteiger partial charge in [0.2, 0.25) is 5.89 Å². The average Bonchev–Trinajstić information content (AvgIpc) is 2.82. The minimum absolute atomic E-state index is 0.636. The highest BCUT2D eigenvalue weighted by molar-refractivity contribution is 5.22. The molecule has 2 atom stereocenters. The number of hydrogen-bond donors (Lipinski definition) is 1. The van der Waals surface area contributed by atoms with Gasteiger partial charge in [-0.15, -0.1) is 5.10 Å². The Morgan fingerprint density at radius 1 is 1.47 bits per heavy atom. The molecule has 1 aliphatic rings. The Labute approximate surface area is 103 Å². The van der Waals surface area contributed by atoms with Crippen molar-refractivity contribution >= 4 is 6.01 Å². The molecule has 0 aromatic carbocycles. The van der Waals surface area contributed by atoms with Crippen molar-refractivity contribution in [2.45, 2.75) is 33.2 Å². The van der Waals surface area contributed by atoms with E-state index < -0.39 is 0 Å². The van der Waals surface area contributed by atoms with Crippen LogP contribution in [0.3, 0.4) is 0 Å². The minimum Gasteiger partial charge on any atom is -0.407 e. The van der Waals surface area contributed by atoms with Gasteiger partial charge < -0.3 is 14.6 Å². The first-order chi connectivity index (χ1) is 8.20. The Kier molecular flexibility index (Phi) is 3.99. The van der Waals surface area contributed by atoms with E-state index in [0.717, 1.165) is 31.3 Å². The predicted molar refractivity (Wildman–Crippen MR) is 66.8 cm³/mol. The Hall–Kier alpha value is -1.10. The fourth-order valence-corrected chi connectivity index (χ4v) is 1.93. The molecule has 1 fully saturated rings. The molecular weight excluding hydrogens is 216 g/mol. The van der Waals surface area contributed by atoms with Crippen LogP contribution >= 0.6 is 0 Å². The minimum atomic E-state index is 0.636. The van der Waals surface area contributed by atoms with Gasteiger partial charge in [-0.2, -0.15) is 0 Å². The number of nitrogens with one attached hydrogen (secondary N) is 1. The summed E-state index contributed by atoms with van der Waals surface area (Å²) < 4.78 is 5.60. The number of rotatable bonds is 7. The third-order valence-corrected chi connectivity index (χ3v) is 3.27. The monoisotopic (exact) mass is 238 g/mol. The smallest absolute Gasteiger partial charge is 0.317 e. The van der Waals surface area contributed by atoms with Crippen LogP contribution in [0.25, 0.3) is 0 Å². The van der Waals surface area contributed by atoms with E-state index in [1.54, 1.807) is 0 Å². The van der Waals surface area contributed by atoms with Crippen LogP contribution in [-0.2, 0) is 6.54 Å². The molecule has 2 unspecified atom stereocenters. The first-order valence-corrected chi connectivity index (χ1v) is 6.45. The molecule has 2 rings (SSSR count). The van der Waals surface area contributed by atoms with E-state index in [2.05, 4.69) is 34.3 Å². The second-order valence-corrected chi connectivity index (χ2v) is 5.01. The molecule has 96 valence electrons. The summed E-state index contributed by atoms with van der Waals surface area (Å²) in [7, 11) is 2.02. The van der Waals surface area contributed by atoms with Crippen LogP contribution in [0.2, 0.25) is 0 Å². The van der Waals surface area contributed by atoms with Crippen LogP contribution in [0.4, 0.5) is 6.01 Å². The van der Waals surface area contributed by atoms with Gasteiger partial charge in [-0.25, -0.2) is 0 Å². The Balaban J connectivity index is 1.80. The molecule has 1 aliphatic carbocycles. The van der Waals surface area contributed by atoms with Crippen molar-refractivity contribution in [1.82, 2.24) is 15.5 Å². The lowest BCUT2D eigenvalue weighted by molar-refractivity contribution is 0.463. The Morgan fingerprint density at radius 2 is 2.24 bits per heavy atom. The molecule has 0 bridgehead atoms. The molecule has 1 heterocycles. The number of hydrogen-bond acceptors (Lipinski definition) is 5. The van der Waals surface area contributed by atoms with Crippen molar-refractivity contribution in [3.63, 3.8) is 0 Å². The maximum atomic E-state index is 5.60. The third kappa shape index (κ3) is 3.43. The highest BCUT2D eigenvalue weighted by Crippen LogP contribution is 2.38. The first-order valence-electron chi connectivity index (χ1n) is 6.45. The molecule has 0 radical (unpaired) electrons. The normalized spacial score (nSPS) is 22.8. The summed E-state index contributed by atoms with van der Waals surface area (Å²) in [5, 5.41) is 11.4. The second-order valence-electron chi connectivity index (χ2n) is 5.01. The molecule has 0 amide bonds. The van der Waals surface area contributed by atoms with Crippen molar-refractivity contribution in [3.05, 3.63) is 5.89 Å². The maximum absolute atomic E-state index is 5.60. The molecule has 1 saturated carbocycles. The van der Waals surface area contributed by atoms with Crippen LogP contribution in [0.15, 0.2) is 4.42 Å². The average molecular weight is 238 g/mol. The molecule has 1 N–H and O–H groups in total. The molecule has 0 spiro atoms. The van der Waals surface area contributed by atoms with Crippen LogP contribution in [0.5, 0.6) is 0 Å². The van der Waals surface area contributed by atoms with Crippen LogP contribution in [-0.4, -0.2) is 30.3 Å². The van der Waals surface area contributed by atoms with E-state index in [9.17, 15) is 0 Å². The van der Waals surface area contributed by atoms with Gasteiger partial charge >= 0.3 is 6.01 Å². The van der Waals surface area contributed by atoms with E-state index in [1.165, 1.54) is 6.42 Å². The third-order valence-electron chi connectivity index (χ3n) is 3.27. The Morgan fingerprint density at radius 3 is 2.88 bits per heavy atom. The summed E-state index contributed by atoms with van der Waals surface area (Å²) in [4.78, 5) is 2.06. The lowest BCUT2D eigenvalue weighted by Crippen LogP contribution is -2.20. The quantitative estimate of drug-likeness (QED) is 0.732. The Bertz CT molecular complexity index is 352. The second kappa shape index (κ2) is 5.49. The van der Waals surface area contributed by atoms with Crippen LogP contribution < -0.4 is 10.2 Å². The topological polar surface area (TPSA) is 54.2 Å². The van der Waals surface area contributed by atoms with Gasteiger partial charge in [0, 0.05) is 13.6 Å². The molecule has 0 saturated heterocycles. The molecule has 5 heteroatoms. The van der Waals surface area contributed by atoms with Crippen molar-refractivity contribution in [2.75, 3.05) is 25.0 Å².